The lowest BCUT2D eigenvalue weighted by atomic mass is 10.0. The van der Waals surface area contributed by atoms with E-state index in [1.165, 1.54) is 0 Å². The first-order valence-corrected chi connectivity index (χ1v) is 6.92. The molecule has 1 atom stereocenters. The van der Waals surface area contributed by atoms with E-state index in [9.17, 15) is 0 Å². The van der Waals surface area contributed by atoms with Crippen LogP contribution < -0.4 is 14.8 Å². The molecular formula is C16H27NO2. The zero-order valence-electron chi connectivity index (χ0n) is 12.8. The summed E-state index contributed by atoms with van der Waals surface area (Å²) in [5, 5.41) is 3.51. The van der Waals surface area contributed by atoms with E-state index in [0.717, 1.165) is 31.1 Å². The molecule has 108 valence electrons. The molecule has 0 aliphatic heterocycles. The summed E-state index contributed by atoms with van der Waals surface area (Å²) in [5.41, 5.74) is 0.186. The Hall–Kier alpha value is -1.22. The van der Waals surface area contributed by atoms with Crippen molar-refractivity contribution in [1.29, 1.82) is 0 Å². The topological polar surface area (TPSA) is 30.5 Å². The van der Waals surface area contributed by atoms with E-state index in [2.05, 4.69) is 33.0 Å². The highest BCUT2D eigenvalue weighted by Gasteiger charge is 2.11. The van der Waals surface area contributed by atoms with Gasteiger partial charge in [-0.15, -0.1) is 0 Å². The second kappa shape index (κ2) is 7.39. The molecular weight excluding hydrogens is 238 g/mol. The SMILES string of the molecule is COc1ccc(OCCC(C)CNC(C)(C)C)cc1. The van der Waals surface area contributed by atoms with Gasteiger partial charge in [0.2, 0.25) is 0 Å². The van der Waals surface area contributed by atoms with Gasteiger partial charge in [0.25, 0.3) is 0 Å². The average molecular weight is 265 g/mol. The molecule has 0 aliphatic carbocycles. The molecule has 0 saturated heterocycles. The maximum atomic E-state index is 5.72. The number of hydrogen-bond acceptors (Lipinski definition) is 3. The van der Waals surface area contributed by atoms with Crippen LogP contribution in [0.5, 0.6) is 11.5 Å². The quantitative estimate of drug-likeness (QED) is 0.818. The molecule has 0 bridgehead atoms. The summed E-state index contributed by atoms with van der Waals surface area (Å²) in [6.45, 7) is 10.6. The van der Waals surface area contributed by atoms with Crippen LogP contribution in [-0.4, -0.2) is 25.8 Å². The lowest BCUT2D eigenvalue weighted by Crippen LogP contribution is -2.38. The fourth-order valence-corrected chi connectivity index (χ4v) is 1.63. The molecule has 0 heterocycles. The molecule has 0 radical (unpaired) electrons. The fraction of sp³-hybridized carbons (Fsp3) is 0.625. The standard InChI is InChI=1S/C16H27NO2/c1-13(12-17-16(2,3)4)10-11-19-15-8-6-14(18-5)7-9-15/h6-9,13,17H,10-12H2,1-5H3. The maximum Gasteiger partial charge on any atom is 0.119 e. The number of hydrogen-bond donors (Lipinski definition) is 1. The van der Waals surface area contributed by atoms with Crippen LogP contribution in [0.15, 0.2) is 24.3 Å². The minimum absolute atomic E-state index is 0.186. The number of rotatable bonds is 7. The summed E-state index contributed by atoms with van der Waals surface area (Å²) < 4.78 is 10.8. The first-order valence-electron chi connectivity index (χ1n) is 6.92. The summed E-state index contributed by atoms with van der Waals surface area (Å²) in [4.78, 5) is 0. The van der Waals surface area contributed by atoms with Crippen molar-refractivity contribution in [1.82, 2.24) is 5.32 Å². The summed E-state index contributed by atoms with van der Waals surface area (Å²) in [7, 11) is 1.67. The first kappa shape index (κ1) is 15.8. The van der Waals surface area contributed by atoms with Crippen LogP contribution in [0.4, 0.5) is 0 Å². The van der Waals surface area contributed by atoms with Gasteiger partial charge in [0.15, 0.2) is 0 Å². The van der Waals surface area contributed by atoms with Crippen LogP contribution in [0.1, 0.15) is 34.1 Å². The predicted octanol–water partition coefficient (Wildman–Crippen LogP) is 3.49. The summed E-state index contributed by atoms with van der Waals surface area (Å²) in [6.07, 6.45) is 1.05. The molecule has 3 nitrogen and oxygen atoms in total. The van der Waals surface area contributed by atoms with Crippen LogP contribution in [-0.2, 0) is 0 Å². The Morgan fingerprint density at radius 3 is 2.21 bits per heavy atom. The Bertz CT molecular complexity index is 354. The van der Waals surface area contributed by atoms with Gasteiger partial charge in [-0.3, -0.25) is 0 Å². The fourth-order valence-electron chi connectivity index (χ4n) is 1.63. The molecule has 1 aromatic rings. The Labute approximate surface area is 117 Å². The average Bonchev–Trinajstić information content (AvgIpc) is 2.36. The van der Waals surface area contributed by atoms with Crippen LogP contribution in [0.2, 0.25) is 0 Å². The predicted molar refractivity (Wildman–Crippen MR) is 80.0 cm³/mol. The van der Waals surface area contributed by atoms with Gasteiger partial charge in [-0.1, -0.05) is 6.92 Å². The van der Waals surface area contributed by atoms with Crippen LogP contribution in [0.3, 0.4) is 0 Å². The van der Waals surface area contributed by atoms with Crippen molar-refractivity contribution in [3.63, 3.8) is 0 Å². The molecule has 0 aromatic heterocycles. The van der Waals surface area contributed by atoms with Gasteiger partial charge in [-0.25, -0.2) is 0 Å². The van der Waals surface area contributed by atoms with Gasteiger partial charge in [-0.2, -0.15) is 0 Å². The minimum atomic E-state index is 0.186. The van der Waals surface area contributed by atoms with E-state index >= 15 is 0 Å². The third-order valence-electron chi connectivity index (χ3n) is 2.92. The number of benzene rings is 1. The molecule has 1 N–H and O–H groups in total. The van der Waals surface area contributed by atoms with Gasteiger partial charge in [0.05, 0.1) is 13.7 Å². The van der Waals surface area contributed by atoms with Gasteiger partial charge in [-0.05, 0) is 63.9 Å². The van der Waals surface area contributed by atoms with Crippen molar-refractivity contribution < 1.29 is 9.47 Å². The van der Waals surface area contributed by atoms with E-state index in [1.807, 2.05) is 24.3 Å². The molecule has 1 unspecified atom stereocenters. The zero-order valence-corrected chi connectivity index (χ0v) is 12.8. The first-order chi connectivity index (χ1) is 8.90. The smallest absolute Gasteiger partial charge is 0.119 e. The summed E-state index contributed by atoms with van der Waals surface area (Å²) in [5.74, 6) is 2.37. The van der Waals surface area contributed by atoms with E-state index in [-0.39, 0.29) is 5.54 Å². The van der Waals surface area contributed by atoms with Gasteiger partial charge < -0.3 is 14.8 Å². The molecule has 19 heavy (non-hydrogen) atoms. The normalized spacial score (nSPS) is 13.1. The molecule has 0 amide bonds. The third kappa shape index (κ3) is 7.06. The second-order valence-corrected chi connectivity index (χ2v) is 6.05. The third-order valence-corrected chi connectivity index (χ3v) is 2.92. The maximum absolute atomic E-state index is 5.72. The Kier molecular flexibility index (Phi) is 6.16. The highest BCUT2D eigenvalue weighted by Crippen LogP contribution is 2.17. The molecule has 0 saturated carbocycles. The summed E-state index contributed by atoms with van der Waals surface area (Å²) in [6, 6.07) is 7.72. The van der Waals surface area contributed by atoms with Crippen molar-refractivity contribution in [3.8, 4) is 11.5 Å². The number of methoxy groups -OCH3 is 1. The van der Waals surface area contributed by atoms with Crippen LogP contribution in [0.25, 0.3) is 0 Å². The van der Waals surface area contributed by atoms with Crippen molar-refractivity contribution in [2.75, 3.05) is 20.3 Å². The lowest BCUT2D eigenvalue weighted by molar-refractivity contribution is 0.271. The van der Waals surface area contributed by atoms with E-state index in [1.54, 1.807) is 7.11 Å². The Morgan fingerprint density at radius 1 is 1.11 bits per heavy atom. The van der Waals surface area contributed by atoms with Gasteiger partial charge >= 0.3 is 0 Å². The van der Waals surface area contributed by atoms with Crippen LogP contribution in [0, 0.1) is 5.92 Å². The monoisotopic (exact) mass is 265 g/mol. The molecule has 0 aliphatic rings. The van der Waals surface area contributed by atoms with E-state index in [0.29, 0.717) is 5.92 Å². The highest BCUT2D eigenvalue weighted by atomic mass is 16.5. The largest absolute Gasteiger partial charge is 0.497 e. The van der Waals surface area contributed by atoms with Crippen molar-refractivity contribution in [3.05, 3.63) is 24.3 Å². The van der Waals surface area contributed by atoms with Crippen molar-refractivity contribution >= 4 is 0 Å². The van der Waals surface area contributed by atoms with Gasteiger partial charge in [0.1, 0.15) is 11.5 Å². The van der Waals surface area contributed by atoms with E-state index < -0.39 is 0 Å². The molecule has 0 fully saturated rings. The van der Waals surface area contributed by atoms with Gasteiger partial charge in [0, 0.05) is 5.54 Å². The lowest BCUT2D eigenvalue weighted by Gasteiger charge is -2.23. The molecule has 3 heteroatoms. The molecule has 1 aromatic carbocycles. The molecule has 0 spiro atoms. The van der Waals surface area contributed by atoms with Crippen molar-refractivity contribution in [2.45, 2.75) is 39.7 Å². The Morgan fingerprint density at radius 2 is 1.68 bits per heavy atom. The molecule has 1 rings (SSSR count). The van der Waals surface area contributed by atoms with E-state index in [4.69, 9.17) is 9.47 Å². The van der Waals surface area contributed by atoms with Crippen molar-refractivity contribution in [2.24, 2.45) is 5.92 Å². The zero-order chi connectivity index (χ0) is 14.3. The summed E-state index contributed by atoms with van der Waals surface area (Å²) >= 11 is 0. The Balaban J connectivity index is 2.22. The minimum Gasteiger partial charge on any atom is -0.497 e. The second-order valence-electron chi connectivity index (χ2n) is 6.05. The number of nitrogens with one attached hydrogen (secondary N) is 1. The van der Waals surface area contributed by atoms with Crippen LogP contribution >= 0.6 is 0 Å². The highest BCUT2D eigenvalue weighted by molar-refractivity contribution is 5.31. The number of ether oxygens (including phenoxy) is 2.